The van der Waals surface area contributed by atoms with E-state index in [1.165, 1.54) is 0 Å². The summed E-state index contributed by atoms with van der Waals surface area (Å²) in [4.78, 5) is 11.4. The van der Waals surface area contributed by atoms with Gasteiger partial charge in [-0.1, -0.05) is 0 Å². The van der Waals surface area contributed by atoms with Gasteiger partial charge in [0.15, 0.2) is 11.9 Å². The van der Waals surface area contributed by atoms with Crippen LogP contribution in [0.15, 0.2) is 11.5 Å². The van der Waals surface area contributed by atoms with E-state index < -0.39 is 24.8 Å². The minimum atomic E-state index is -1.21. The molecule has 6 nitrogen and oxygen atoms in total. The van der Waals surface area contributed by atoms with Crippen molar-refractivity contribution >= 4 is 5.97 Å². The molecule has 0 amide bonds. The Morgan fingerprint density at radius 3 is 2.50 bits per heavy atom. The first-order valence-electron chi connectivity index (χ1n) is 5.15. The molecule has 2 N–H and O–H groups in total. The average molecular weight is 232 g/mol. The maximum absolute atomic E-state index is 11.4. The van der Waals surface area contributed by atoms with Crippen LogP contribution in [0, 0.1) is 0 Å². The first kappa shape index (κ1) is 12.8. The zero-order valence-corrected chi connectivity index (χ0v) is 9.30. The number of carbonyl (C=O) groups excluding carboxylic acids is 1. The average Bonchev–Trinajstić information content (AvgIpc) is 2.58. The molecule has 0 radical (unpaired) electrons. The van der Waals surface area contributed by atoms with Crippen LogP contribution in [0.1, 0.15) is 13.8 Å². The van der Waals surface area contributed by atoms with Gasteiger partial charge in [-0.15, -0.1) is 0 Å². The maximum atomic E-state index is 11.4. The summed E-state index contributed by atoms with van der Waals surface area (Å²) in [5, 5.41) is 18.3. The Labute approximate surface area is 93.4 Å². The van der Waals surface area contributed by atoms with Gasteiger partial charge in [0.1, 0.15) is 6.10 Å². The Morgan fingerprint density at radius 1 is 1.38 bits per heavy atom. The van der Waals surface area contributed by atoms with Crippen molar-refractivity contribution in [1.29, 1.82) is 0 Å². The second-order valence-electron chi connectivity index (χ2n) is 3.14. The zero-order chi connectivity index (χ0) is 12.1. The third-order valence-corrected chi connectivity index (χ3v) is 2.03. The lowest BCUT2D eigenvalue weighted by molar-refractivity contribution is -0.148. The molecule has 2 atom stereocenters. The third-order valence-electron chi connectivity index (χ3n) is 2.03. The molecule has 16 heavy (non-hydrogen) atoms. The minimum absolute atomic E-state index is 0.0261. The van der Waals surface area contributed by atoms with Crippen LogP contribution in [0.4, 0.5) is 0 Å². The Balaban J connectivity index is 2.92. The maximum Gasteiger partial charge on any atom is 0.378 e. The molecule has 0 fully saturated rings. The molecule has 1 aliphatic rings. The van der Waals surface area contributed by atoms with Gasteiger partial charge in [0.25, 0.3) is 0 Å². The van der Waals surface area contributed by atoms with Crippen molar-refractivity contribution < 1.29 is 29.2 Å². The summed E-state index contributed by atoms with van der Waals surface area (Å²) in [7, 11) is 0. The Bertz CT molecular complexity index is 285. The van der Waals surface area contributed by atoms with Gasteiger partial charge in [-0.05, 0) is 13.8 Å². The van der Waals surface area contributed by atoms with E-state index in [0.29, 0.717) is 13.2 Å². The van der Waals surface area contributed by atoms with Crippen molar-refractivity contribution in [2.75, 3.05) is 19.8 Å². The standard InChI is InChI=1S/C10H16O6/c1-3-14-8-7(6(12)5-11)16-10(13)9(8)15-4-2/h6-7,11-12H,3-5H2,1-2H3/t6-,7+/m0/s1. The topological polar surface area (TPSA) is 85.2 Å². The molecule has 6 heteroatoms. The summed E-state index contributed by atoms with van der Waals surface area (Å²) in [5.74, 6) is -0.555. The number of rotatable bonds is 6. The van der Waals surface area contributed by atoms with Crippen molar-refractivity contribution in [3.63, 3.8) is 0 Å². The molecule has 0 aliphatic carbocycles. The van der Waals surface area contributed by atoms with Gasteiger partial charge >= 0.3 is 5.97 Å². The smallest absolute Gasteiger partial charge is 0.378 e. The van der Waals surface area contributed by atoms with Crippen LogP contribution < -0.4 is 0 Å². The van der Waals surface area contributed by atoms with E-state index in [1.54, 1.807) is 13.8 Å². The fraction of sp³-hybridized carbons (Fsp3) is 0.700. The Morgan fingerprint density at radius 2 is 2.00 bits per heavy atom. The number of hydrogen-bond donors (Lipinski definition) is 2. The van der Waals surface area contributed by atoms with Gasteiger partial charge in [0.05, 0.1) is 19.8 Å². The second-order valence-corrected chi connectivity index (χ2v) is 3.14. The van der Waals surface area contributed by atoms with E-state index in [-0.39, 0.29) is 11.5 Å². The molecule has 1 rings (SSSR count). The van der Waals surface area contributed by atoms with E-state index in [9.17, 15) is 9.90 Å². The van der Waals surface area contributed by atoms with Crippen LogP contribution >= 0.6 is 0 Å². The summed E-state index contributed by atoms with van der Waals surface area (Å²) in [5.41, 5.74) is 0. The first-order valence-corrected chi connectivity index (χ1v) is 5.15. The molecular formula is C10H16O6. The highest BCUT2D eigenvalue weighted by molar-refractivity contribution is 5.89. The van der Waals surface area contributed by atoms with Crippen molar-refractivity contribution in [3.8, 4) is 0 Å². The van der Waals surface area contributed by atoms with Crippen molar-refractivity contribution in [2.45, 2.75) is 26.1 Å². The van der Waals surface area contributed by atoms with Gasteiger partial charge in [0.2, 0.25) is 5.76 Å². The molecule has 0 unspecified atom stereocenters. The van der Waals surface area contributed by atoms with E-state index in [2.05, 4.69) is 0 Å². The molecule has 0 aromatic carbocycles. The molecule has 0 bridgehead atoms. The van der Waals surface area contributed by atoms with E-state index in [0.717, 1.165) is 0 Å². The molecule has 1 aliphatic heterocycles. The summed E-state index contributed by atoms with van der Waals surface area (Å²) in [6, 6.07) is 0. The quantitative estimate of drug-likeness (QED) is 0.603. The lowest BCUT2D eigenvalue weighted by atomic mass is 10.2. The number of carbonyl (C=O) groups is 1. The highest BCUT2D eigenvalue weighted by Gasteiger charge is 2.41. The Hall–Kier alpha value is -1.27. The van der Waals surface area contributed by atoms with Gasteiger partial charge < -0.3 is 24.4 Å². The van der Waals surface area contributed by atoms with Gasteiger partial charge in [-0.3, -0.25) is 0 Å². The second kappa shape index (κ2) is 5.72. The highest BCUT2D eigenvalue weighted by Crippen LogP contribution is 2.26. The predicted molar refractivity (Wildman–Crippen MR) is 53.3 cm³/mol. The van der Waals surface area contributed by atoms with E-state index in [4.69, 9.17) is 19.3 Å². The highest BCUT2D eigenvalue weighted by atomic mass is 16.6. The SMILES string of the molecule is CCOC1=C(OCC)[C@@H]([C@@H](O)CO)OC1=O. The van der Waals surface area contributed by atoms with E-state index in [1.807, 2.05) is 0 Å². The Kier molecular flexibility index (Phi) is 4.57. The van der Waals surface area contributed by atoms with Crippen LogP contribution in [0.2, 0.25) is 0 Å². The lowest BCUT2D eigenvalue weighted by Gasteiger charge is -2.17. The normalized spacial score (nSPS) is 22.0. The van der Waals surface area contributed by atoms with Crippen molar-refractivity contribution in [2.24, 2.45) is 0 Å². The monoisotopic (exact) mass is 232 g/mol. The molecule has 0 spiro atoms. The minimum Gasteiger partial charge on any atom is -0.490 e. The molecule has 0 aromatic rings. The largest absolute Gasteiger partial charge is 0.490 e. The molecule has 0 saturated heterocycles. The molecule has 0 aromatic heterocycles. The summed E-state index contributed by atoms with van der Waals surface area (Å²) in [6.07, 6.45) is -2.19. The van der Waals surface area contributed by atoms with E-state index >= 15 is 0 Å². The van der Waals surface area contributed by atoms with Crippen LogP contribution in [-0.4, -0.2) is 48.2 Å². The number of cyclic esters (lactones) is 1. The van der Waals surface area contributed by atoms with Crippen LogP contribution in [-0.2, 0) is 19.0 Å². The zero-order valence-electron chi connectivity index (χ0n) is 9.30. The number of esters is 1. The summed E-state index contributed by atoms with van der Waals surface area (Å²) >= 11 is 0. The first-order chi connectivity index (χ1) is 7.65. The third kappa shape index (κ3) is 2.45. The molecule has 0 saturated carbocycles. The molecular weight excluding hydrogens is 216 g/mol. The van der Waals surface area contributed by atoms with Crippen LogP contribution in [0.5, 0.6) is 0 Å². The van der Waals surface area contributed by atoms with Crippen molar-refractivity contribution in [3.05, 3.63) is 11.5 Å². The van der Waals surface area contributed by atoms with Gasteiger partial charge in [0, 0.05) is 0 Å². The predicted octanol–water partition coefficient (Wildman–Crippen LogP) is -0.450. The number of aliphatic hydroxyl groups is 2. The fourth-order valence-corrected chi connectivity index (χ4v) is 1.38. The number of hydrogen-bond acceptors (Lipinski definition) is 6. The number of ether oxygens (including phenoxy) is 3. The molecule has 1 heterocycles. The van der Waals surface area contributed by atoms with Crippen LogP contribution in [0.25, 0.3) is 0 Å². The number of aliphatic hydroxyl groups excluding tert-OH is 2. The fourth-order valence-electron chi connectivity index (χ4n) is 1.38. The van der Waals surface area contributed by atoms with Gasteiger partial charge in [-0.25, -0.2) is 4.79 Å². The summed E-state index contributed by atoms with van der Waals surface area (Å²) in [6.45, 7) is 3.55. The molecule has 92 valence electrons. The van der Waals surface area contributed by atoms with Crippen molar-refractivity contribution in [1.82, 2.24) is 0 Å². The van der Waals surface area contributed by atoms with Crippen LogP contribution in [0.3, 0.4) is 0 Å². The lowest BCUT2D eigenvalue weighted by Crippen LogP contribution is -2.32. The van der Waals surface area contributed by atoms with Gasteiger partial charge in [-0.2, -0.15) is 0 Å². The summed E-state index contributed by atoms with van der Waals surface area (Å²) < 4.78 is 15.2.